The van der Waals surface area contributed by atoms with Crippen molar-refractivity contribution in [3.05, 3.63) is 54.7 Å². The smallest absolute Gasteiger partial charge is 0.203 e. The molecule has 3 rings (SSSR count). The summed E-state index contributed by atoms with van der Waals surface area (Å²) in [7, 11) is 1.59. The van der Waals surface area contributed by atoms with Gasteiger partial charge in [-0.3, -0.25) is 0 Å². The molecule has 0 aliphatic carbocycles. The van der Waals surface area contributed by atoms with Crippen molar-refractivity contribution in [1.29, 1.82) is 0 Å². The van der Waals surface area contributed by atoms with Crippen LogP contribution in [0, 0.1) is 0 Å². The minimum absolute atomic E-state index is 0.127. The number of methoxy groups -OCH3 is 1. The maximum atomic E-state index is 10.3. The molecule has 1 N–H and O–H groups in total. The van der Waals surface area contributed by atoms with Crippen molar-refractivity contribution in [3.8, 4) is 34.3 Å². The summed E-state index contributed by atoms with van der Waals surface area (Å²) >= 11 is 0. The standard InChI is InChI=1S/C22H38O3.C10H9N3O/c1-5-9-11-14-18(7-3)24-21-17-13-16-20(23)22(21)25-19(8-4)15-12-10-6-2;1-14-9-7-11-13-12-10(9)8-5-3-2-4-6-8/h13,16-19,23H,5-12,14-15H2,1-4H3;2-7H,1H3. The zero-order chi connectivity index (χ0) is 28.3. The molecule has 0 amide bonds. The molecule has 0 radical (unpaired) electrons. The SMILES string of the molecule is CCCCCC(CC)Oc1cccc(O)c1OC(CC)CCCCC.COc1cnnnc1-c1ccccc1. The maximum absolute atomic E-state index is 10.3. The van der Waals surface area contributed by atoms with Gasteiger partial charge in [0.1, 0.15) is 5.69 Å². The number of phenolic OH excluding ortho intramolecular Hbond substituents is 1. The Labute approximate surface area is 234 Å². The van der Waals surface area contributed by atoms with Gasteiger partial charge in [0, 0.05) is 5.56 Å². The highest BCUT2D eigenvalue weighted by Gasteiger charge is 2.18. The first-order valence-corrected chi connectivity index (χ1v) is 14.5. The number of aromatic nitrogens is 3. The number of aromatic hydroxyl groups is 1. The van der Waals surface area contributed by atoms with Crippen molar-refractivity contribution >= 4 is 0 Å². The molecule has 214 valence electrons. The number of unbranched alkanes of at least 4 members (excludes halogenated alkanes) is 4. The number of benzene rings is 2. The Balaban J connectivity index is 0.000000318. The van der Waals surface area contributed by atoms with E-state index in [9.17, 15) is 5.11 Å². The van der Waals surface area contributed by atoms with E-state index in [0.717, 1.165) is 37.7 Å². The molecule has 0 spiro atoms. The van der Waals surface area contributed by atoms with Crippen LogP contribution in [0.1, 0.15) is 91.9 Å². The lowest BCUT2D eigenvalue weighted by Crippen LogP contribution is -2.19. The van der Waals surface area contributed by atoms with Crippen molar-refractivity contribution in [2.45, 2.75) is 104 Å². The summed E-state index contributed by atoms with van der Waals surface area (Å²) in [4.78, 5) is 0. The quantitative estimate of drug-likeness (QED) is 0.184. The first-order valence-electron chi connectivity index (χ1n) is 14.5. The van der Waals surface area contributed by atoms with Gasteiger partial charge < -0.3 is 19.3 Å². The fourth-order valence-electron chi connectivity index (χ4n) is 4.20. The number of rotatable bonds is 16. The fraction of sp³-hybridized carbons (Fsp3) is 0.531. The fourth-order valence-corrected chi connectivity index (χ4v) is 4.20. The van der Waals surface area contributed by atoms with Gasteiger partial charge in [0.15, 0.2) is 17.2 Å². The third-order valence-corrected chi connectivity index (χ3v) is 6.58. The van der Waals surface area contributed by atoms with E-state index in [-0.39, 0.29) is 18.0 Å². The molecule has 0 saturated heterocycles. The molecule has 2 aromatic carbocycles. The third-order valence-electron chi connectivity index (χ3n) is 6.58. The summed E-state index contributed by atoms with van der Waals surface area (Å²) in [5, 5.41) is 21.5. The van der Waals surface area contributed by atoms with Crippen LogP contribution in [0.25, 0.3) is 11.3 Å². The minimum Gasteiger partial charge on any atom is -0.504 e. The topological polar surface area (TPSA) is 86.6 Å². The van der Waals surface area contributed by atoms with E-state index < -0.39 is 0 Å². The van der Waals surface area contributed by atoms with E-state index in [1.54, 1.807) is 19.4 Å². The largest absolute Gasteiger partial charge is 0.504 e. The van der Waals surface area contributed by atoms with E-state index >= 15 is 0 Å². The third kappa shape index (κ3) is 11.1. The molecule has 7 nitrogen and oxygen atoms in total. The Morgan fingerprint density at radius 2 is 1.38 bits per heavy atom. The van der Waals surface area contributed by atoms with Crippen molar-refractivity contribution in [1.82, 2.24) is 15.4 Å². The van der Waals surface area contributed by atoms with Crippen molar-refractivity contribution in [2.24, 2.45) is 0 Å². The lowest BCUT2D eigenvalue weighted by molar-refractivity contribution is 0.142. The van der Waals surface area contributed by atoms with Crippen LogP contribution in [0.2, 0.25) is 0 Å². The van der Waals surface area contributed by atoms with Gasteiger partial charge in [0.2, 0.25) is 5.75 Å². The average Bonchev–Trinajstić information content (AvgIpc) is 2.98. The molecule has 2 unspecified atom stereocenters. The Hall–Kier alpha value is -3.35. The highest BCUT2D eigenvalue weighted by molar-refractivity contribution is 5.64. The van der Waals surface area contributed by atoms with Gasteiger partial charge in [-0.2, -0.15) is 0 Å². The summed E-state index contributed by atoms with van der Waals surface area (Å²) in [6, 6.07) is 15.2. The zero-order valence-corrected chi connectivity index (χ0v) is 24.4. The summed E-state index contributed by atoms with van der Waals surface area (Å²) in [5.41, 5.74) is 1.68. The van der Waals surface area contributed by atoms with E-state index in [1.807, 2.05) is 42.5 Å². The van der Waals surface area contributed by atoms with E-state index in [4.69, 9.17) is 14.2 Å². The summed E-state index contributed by atoms with van der Waals surface area (Å²) in [6.45, 7) is 8.71. The Kier molecular flexibility index (Phi) is 15.4. The predicted molar refractivity (Wildman–Crippen MR) is 158 cm³/mol. The van der Waals surface area contributed by atoms with Crippen LogP contribution >= 0.6 is 0 Å². The Bertz CT molecular complexity index is 1050. The lowest BCUT2D eigenvalue weighted by atomic mass is 10.1. The molecule has 3 aromatic rings. The highest BCUT2D eigenvalue weighted by Crippen LogP contribution is 2.39. The second kappa shape index (κ2) is 18.8. The van der Waals surface area contributed by atoms with E-state index in [0.29, 0.717) is 22.9 Å². The van der Waals surface area contributed by atoms with Crippen LogP contribution in [-0.4, -0.2) is 39.8 Å². The Morgan fingerprint density at radius 1 is 0.744 bits per heavy atom. The van der Waals surface area contributed by atoms with E-state index in [1.165, 1.54) is 32.1 Å². The van der Waals surface area contributed by atoms with E-state index in [2.05, 4.69) is 43.1 Å². The first kappa shape index (κ1) is 31.9. The van der Waals surface area contributed by atoms with Gasteiger partial charge in [-0.1, -0.05) is 89.8 Å². The molecule has 0 bridgehead atoms. The molecule has 2 atom stereocenters. The van der Waals surface area contributed by atoms with Gasteiger partial charge >= 0.3 is 0 Å². The molecule has 0 aliphatic rings. The van der Waals surface area contributed by atoms with Crippen molar-refractivity contribution < 1.29 is 19.3 Å². The van der Waals surface area contributed by atoms with Gasteiger partial charge in [-0.15, -0.1) is 10.2 Å². The van der Waals surface area contributed by atoms with Crippen LogP contribution in [0.5, 0.6) is 23.0 Å². The summed E-state index contributed by atoms with van der Waals surface area (Å²) in [6.07, 6.45) is 13.0. The normalized spacial score (nSPS) is 12.1. The molecule has 1 aromatic heterocycles. The molecule has 0 fully saturated rings. The van der Waals surface area contributed by atoms with Crippen LogP contribution < -0.4 is 14.2 Å². The summed E-state index contributed by atoms with van der Waals surface area (Å²) < 4.78 is 17.5. The van der Waals surface area contributed by atoms with Crippen LogP contribution in [0.15, 0.2) is 54.7 Å². The molecule has 0 aliphatic heterocycles. The number of phenols is 1. The maximum Gasteiger partial charge on any atom is 0.203 e. The lowest BCUT2D eigenvalue weighted by Gasteiger charge is -2.23. The summed E-state index contributed by atoms with van der Waals surface area (Å²) in [5.74, 6) is 2.00. The van der Waals surface area contributed by atoms with Crippen molar-refractivity contribution in [2.75, 3.05) is 7.11 Å². The molecular weight excluding hydrogens is 490 g/mol. The van der Waals surface area contributed by atoms with Crippen LogP contribution in [0.4, 0.5) is 0 Å². The average molecular weight is 538 g/mol. The molecule has 1 heterocycles. The van der Waals surface area contributed by atoms with Gasteiger partial charge in [-0.05, 0) is 55.9 Å². The second-order valence-electron chi connectivity index (χ2n) is 9.61. The van der Waals surface area contributed by atoms with Gasteiger partial charge in [0.05, 0.1) is 25.5 Å². The number of hydrogen-bond acceptors (Lipinski definition) is 7. The van der Waals surface area contributed by atoms with Gasteiger partial charge in [0.25, 0.3) is 0 Å². The molecule has 7 heteroatoms. The number of para-hydroxylation sites is 1. The zero-order valence-electron chi connectivity index (χ0n) is 24.4. The molecular formula is C32H47N3O4. The van der Waals surface area contributed by atoms with Crippen molar-refractivity contribution in [3.63, 3.8) is 0 Å². The minimum atomic E-state index is 0.127. The number of hydrogen-bond donors (Lipinski definition) is 1. The molecule has 39 heavy (non-hydrogen) atoms. The monoisotopic (exact) mass is 537 g/mol. The van der Waals surface area contributed by atoms with Crippen LogP contribution in [0.3, 0.4) is 0 Å². The first-order chi connectivity index (χ1) is 19.1. The predicted octanol–water partition coefficient (Wildman–Crippen LogP) is 8.41. The second-order valence-corrected chi connectivity index (χ2v) is 9.61. The molecule has 0 saturated carbocycles. The van der Waals surface area contributed by atoms with Crippen LogP contribution in [-0.2, 0) is 0 Å². The number of nitrogens with zero attached hydrogens (tertiary/aromatic N) is 3. The highest BCUT2D eigenvalue weighted by atomic mass is 16.5. The van der Waals surface area contributed by atoms with Gasteiger partial charge in [-0.25, -0.2) is 0 Å². The Morgan fingerprint density at radius 3 is 1.97 bits per heavy atom. The number of ether oxygens (including phenoxy) is 3.